The van der Waals surface area contributed by atoms with Gasteiger partial charge in [0.2, 0.25) is 0 Å². The number of halogens is 2. The van der Waals surface area contributed by atoms with E-state index in [9.17, 15) is 5.11 Å². The predicted molar refractivity (Wildman–Crippen MR) is 93.2 cm³/mol. The van der Waals surface area contributed by atoms with E-state index in [0.29, 0.717) is 11.1 Å². The summed E-state index contributed by atoms with van der Waals surface area (Å²) in [6.07, 6.45) is 3.02. The second-order valence-corrected chi connectivity index (χ2v) is 7.44. The van der Waals surface area contributed by atoms with E-state index < -0.39 is 0 Å². The summed E-state index contributed by atoms with van der Waals surface area (Å²) in [7, 11) is 0. The smallest absolute Gasteiger partial charge is 0.0662 e. The van der Waals surface area contributed by atoms with Crippen LogP contribution < -0.4 is 5.32 Å². The van der Waals surface area contributed by atoms with E-state index in [0.717, 1.165) is 42.5 Å². The van der Waals surface area contributed by atoms with Gasteiger partial charge in [-0.2, -0.15) is 0 Å². The fourth-order valence-electron chi connectivity index (χ4n) is 2.93. The minimum atomic E-state index is -0.239. The first-order valence-corrected chi connectivity index (χ1v) is 8.71. The summed E-state index contributed by atoms with van der Waals surface area (Å²) >= 11 is 9.49. The molecule has 1 saturated heterocycles. The minimum Gasteiger partial charge on any atom is -0.394 e. The maximum Gasteiger partial charge on any atom is 0.0662 e. The van der Waals surface area contributed by atoms with Crippen molar-refractivity contribution in [3.05, 3.63) is 27.7 Å². The Morgan fingerprint density at radius 3 is 2.76 bits per heavy atom. The number of hydrogen-bond donors (Lipinski definition) is 2. The molecule has 1 aliphatic heterocycles. The largest absolute Gasteiger partial charge is 0.394 e. The third kappa shape index (κ3) is 4.35. The van der Waals surface area contributed by atoms with Crippen LogP contribution in [0.15, 0.2) is 22.7 Å². The molecule has 1 aromatic rings. The molecule has 1 aliphatic rings. The van der Waals surface area contributed by atoms with Gasteiger partial charge in [0.05, 0.1) is 17.2 Å². The van der Waals surface area contributed by atoms with Crippen molar-refractivity contribution in [2.45, 2.75) is 44.7 Å². The van der Waals surface area contributed by atoms with Gasteiger partial charge >= 0.3 is 0 Å². The zero-order valence-corrected chi connectivity index (χ0v) is 15.0. The number of nitrogens with zero attached hydrogens (tertiary/aromatic N) is 1. The average Bonchev–Trinajstić information content (AvgIpc) is 2.66. The fraction of sp³-hybridized carbons (Fsp3) is 0.625. The van der Waals surface area contributed by atoms with Gasteiger partial charge in [-0.15, -0.1) is 0 Å². The van der Waals surface area contributed by atoms with Gasteiger partial charge in [0.25, 0.3) is 0 Å². The zero-order chi connectivity index (χ0) is 15.5. The van der Waals surface area contributed by atoms with E-state index in [1.807, 2.05) is 18.2 Å². The van der Waals surface area contributed by atoms with E-state index in [1.165, 1.54) is 0 Å². The lowest BCUT2D eigenvalue weighted by atomic mass is 9.91. The van der Waals surface area contributed by atoms with Gasteiger partial charge < -0.3 is 15.3 Å². The van der Waals surface area contributed by atoms with Crippen molar-refractivity contribution >= 4 is 33.2 Å². The van der Waals surface area contributed by atoms with Crippen LogP contribution in [0, 0.1) is 0 Å². The monoisotopic (exact) mass is 374 g/mol. The van der Waals surface area contributed by atoms with Crippen LogP contribution in [-0.2, 0) is 0 Å². The normalized spacial score (nSPS) is 24.1. The van der Waals surface area contributed by atoms with Crippen molar-refractivity contribution < 1.29 is 5.11 Å². The molecule has 0 aliphatic carbocycles. The molecule has 5 heteroatoms. The molecule has 1 atom stereocenters. The molecule has 1 fully saturated rings. The highest BCUT2D eigenvalue weighted by molar-refractivity contribution is 9.10. The Morgan fingerprint density at radius 2 is 2.14 bits per heavy atom. The van der Waals surface area contributed by atoms with Crippen molar-refractivity contribution in [2.24, 2.45) is 0 Å². The Balaban J connectivity index is 2.12. The summed E-state index contributed by atoms with van der Waals surface area (Å²) in [5, 5.41) is 14.2. The molecule has 1 heterocycles. The van der Waals surface area contributed by atoms with Gasteiger partial charge in [0.1, 0.15) is 0 Å². The minimum absolute atomic E-state index is 0.152. The van der Waals surface area contributed by atoms with Gasteiger partial charge in [0, 0.05) is 22.7 Å². The average molecular weight is 376 g/mol. The Bertz CT molecular complexity index is 483. The molecule has 0 aromatic heterocycles. The Morgan fingerprint density at radius 1 is 1.38 bits per heavy atom. The SMILES string of the molecule is CC(C)N1CCCC(CO)(Nc2ccc(Cl)c(Br)c2)CC1. The number of rotatable bonds is 4. The van der Waals surface area contributed by atoms with Crippen LogP contribution in [-0.4, -0.2) is 41.3 Å². The number of likely N-dealkylation sites (tertiary alicyclic amines) is 1. The predicted octanol–water partition coefficient (Wildman–Crippen LogP) is 4.14. The van der Waals surface area contributed by atoms with Gasteiger partial charge in [-0.1, -0.05) is 11.6 Å². The van der Waals surface area contributed by atoms with Crippen LogP contribution in [0.5, 0.6) is 0 Å². The third-order valence-electron chi connectivity index (χ3n) is 4.34. The van der Waals surface area contributed by atoms with E-state index in [4.69, 9.17) is 11.6 Å². The molecule has 3 nitrogen and oxygen atoms in total. The van der Waals surface area contributed by atoms with Crippen LogP contribution in [0.3, 0.4) is 0 Å². The van der Waals surface area contributed by atoms with Crippen LogP contribution in [0.2, 0.25) is 5.02 Å². The first kappa shape index (κ1) is 17.1. The molecule has 1 aromatic carbocycles. The molecule has 0 bridgehead atoms. The molecule has 0 spiro atoms. The van der Waals surface area contributed by atoms with Crippen LogP contribution >= 0.6 is 27.5 Å². The van der Waals surface area contributed by atoms with Crippen molar-refractivity contribution in [1.82, 2.24) is 4.90 Å². The van der Waals surface area contributed by atoms with Crippen LogP contribution in [0.25, 0.3) is 0 Å². The number of hydrogen-bond acceptors (Lipinski definition) is 3. The van der Waals surface area contributed by atoms with Crippen molar-refractivity contribution in [2.75, 3.05) is 25.0 Å². The molecule has 1 unspecified atom stereocenters. The fourth-order valence-corrected chi connectivity index (χ4v) is 3.43. The van der Waals surface area contributed by atoms with E-state index in [2.05, 4.69) is 40.0 Å². The standard InChI is InChI=1S/C16H24BrClN2O/c1-12(2)20-8-3-6-16(11-21,7-9-20)19-13-4-5-15(18)14(17)10-13/h4-5,10,12,19,21H,3,6-9,11H2,1-2H3. The molecule has 0 amide bonds. The number of anilines is 1. The van der Waals surface area contributed by atoms with Crippen molar-refractivity contribution in [1.29, 1.82) is 0 Å². The molecule has 0 radical (unpaired) electrons. The maximum atomic E-state index is 9.96. The van der Waals surface area contributed by atoms with Crippen molar-refractivity contribution in [3.63, 3.8) is 0 Å². The molecule has 0 saturated carbocycles. The lowest BCUT2D eigenvalue weighted by Gasteiger charge is -2.33. The Labute approximate surface area is 140 Å². The topological polar surface area (TPSA) is 35.5 Å². The lowest BCUT2D eigenvalue weighted by Crippen LogP contribution is -2.43. The molecule has 2 rings (SSSR count). The van der Waals surface area contributed by atoms with Gasteiger partial charge in [-0.05, 0) is 73.8 Å². The van der Waals surface area contributed by atoms with Gasteiger partial charge in [0.15, 0.2) is 0 Å². The van der Waals surface area contributed by atoms with Gasteiger partial charge in [-0.25, -0.2) is 0 Å². The van der Waals surface area contributed by atoms with E-state index in [-0.39, 0.29) is 12.1 Å². The molecule has 118 valence electrons. The van der Waals surface area contributed by atoms with Crippen LogP contribution in [0.4, 0.5) is 5.69 Å². The summed E-state index contributed by atoms with van der Waals surface area (Å²) in [5.41, 5.74) is 0.759. The summed E-state index contributed by atoms with van der Waals surface area (Å²) < 4.78 is 0.875. The number of benzene rings is 1. The zero-order valence-electron chi connectivity index (χ0n) is 12.7. The number of aliphatic hydroxyl groups is 1. The molecule has 2 N–H and O–H groups in total. The third-order valence-corrected chi connectivity index (χ3v) is 5.55. The second kappa shape index (κ2) is 7.32. The Hall–Kier alpha value is -0.290. The second-order valence-electron chi connectivity index (χ2n) is 6.18. The molecular weight excluding hydrogens is 352 g/mol. The summed E-state index contributed by atoms with van der Waals surface area (Å²) in [6.45, 7) is 6.73. The first-order chi connectivity index (χ1) is 9.96. The summed E-state index contributed by atoms with van der Waals surface area (Å²) in [4.78, 5) is 2.48. The first-order valence-electron chi connectivity index (χ1n) is 7.54. The Kier molecular flexibility index (Phi) is 5.95. The summed E-state index contributed by atoms with van der Waals surface area (Å²) in [6, 6.07) is 6.38. The highest BCUT2D eigenvalue weighted by Gasteiger charge is 2.32. The number of nitrogens with one attached hydrogen (secondary N) is 1. The number of aliphatic hydroxyl groups excluding tert-OH is 1. The molecule has 21 heavy (non-hydrogen) atoms. The van der Waals surface area contributed by atoms with Gasteiger partial charge in [-0.3, -0.25) is 0 Å². The van der Waals surface area contributed by atoms with Crippen LogP contribution in [0.1, 0.15) is 33.1 Å². The van der Waals surface area contributed by atoms with E-state index >= 15 is 0 Å². The lowest BCUT2D eigenvalue weighted by molar-refractivity contribution is 0.186. The summed E-state index contributed by atoms with van der Waals surface area (Å²) in [5.74, 6) is 0. The molecular formula is C16H24BrClN2O. The van der Waals surface area contributed by atoms with E-state index in [1.54, 1.807) is 0 Å². The highest BCUT2D eigenvalue weighted by atomic mass is 79.9. The quantitative estimate of drug-likeness (QED) is 0.830. The highest BCUT2D eigenvalue weighted by Crippen LogP contribution is 2.31. The maximum absolute atomic E-state index is 9.96. The van der Waals surface area contributed by atoms with Crippen molar-refractivity contribution in [3.8, 4) is 0 Å².